The van der Waals surface area contributed by atoms with Gasteiger partial charge in [-0.15, -0.1) is 0 Å². The fraction of sp³-hybridized carbons (Fsp3) is 0.588. The minimum absolute atomic E-state index is 0.109. The number of hydrogen-bond acceptors (Lipinski definition) is 4. The summed E-state index contributed by atoms with van der Waals surface area (Å²) in [4.78, 5) is 14.5. The number of benzene rings is 1. The van der Waals surface area contributed by atoms with Gasteiger partial charge in [-0.2, -0.15) is 4.31 Å². The first-order valence-corrected chi connectivity index (χ1v) is 9.87. The molecule has 2 heterocycles. The Balaban J connectivity index is 1.59. The van der Waals surface area contributed by atoms with Gasteiger partial charge in [0, 0.05) is 26.7 Å². The van der Waals surface area contributed by atoms with Crippen molar-refractivity contribution >= 4 is 15.9 Å². The number of amides is 1. The van der Waals surface area contributed by atoms with Crippen molar-refractivity contribution in [3.8, 4) is 0 Å². The molecule has 6 nitrogen and oxygen atoms in total. The van der Waals surface area contributed by atoms with Crippen molar-refractivity contribution in [2.75, 3.05) is 39.8 Å². The maximum absolute atomic E-state index is 12.5. The average molecular weight is 351 g/mol. The van der Waals surface area contributed by atoms with E-state index in [-0.39, 0.29) is 17.3 Å². The lowest BCUT2D eigenvalue weighted by Crippen LogP contribution is -2.47. The molecule has 0 radical (unpaired) electrons. The summed E-state index contributed by atoms with van der Waals surface area (Å²) in [5.41, 5.74) is 0.346. The predicted molar refractivity (Wildman–Crippen MR) is 92.0 cm³/mol. The zero-order valence-corrected chi connectivity index (χ0v) is 14.9. The smallest absolute Gasteiger partial charge is 0.243 e. The first-order valence-electron chi connectivity index (χ1n) is 8.43. The highest BCUT2D eigenvalue weighted by molar-refractivity contribution is 7.89. The van der Waals surface area contributed by atoms with Crippen LogP contribution < -0.4 is 5.32 Å². The second kappa shape index (κ2) is 6.82. The van der Waals surface area contributed by atoms with Crippen molar-refractivity contribution in [3.63, 3.8) is 0 Å². The first-order chi connectivity index (χ1) is 11.4. The number of likely N-dealkylation sites (tertiary alicyclic amines) is 1. The van der Waals surface area contributed by atoms with E-state index < -0.39 is 10.0 Å². The van der Waals surface area contributed by atoms with Crippen molar-refractivity contribution in [1.29, 1.82) is 0 Å². The van der Waals surface area contributed by atoms with E-state index in [1.165, 1.54) is 13.5 Å². The standard InChI is InChI=1S/C17H25N3O3S/c1-19(24(22,23)15-5-3-2-4-6-15)13-16(21)20-11-8-17(9-12-20)7-10-18-14-17/h2-6,18H,7-14H2,1H3. The fourth-order valence-electron chi connectivity index (χ4n) is 3.60. The summed E-state index contributed by atoms with van der Waals surface area (Å²) in [5.74, 6) is -0.113. The Morgan fingerprint density at radius 1 is 1.21 bits per heavy atom. The van der Waals surface area contributed by atoms with Crippen LogP contribution in [0.4, 0.5) is 0 Å². The van der Waals surface area contributed by atoms with Crippen molar-refractivity contribution in [2.24, 2.45) is 5.41 Å². The number of piperidine rings is 1. The van der Waals surface area contributed by atoms with E-state index in [2.05, 4.69) is 5.32 Å². The van der Waals surface area contributed by atoms with Gasteiger partial charge >= 0.3 is 0 Å². The largest absolute Gasteiger partial charge is 0.342 e. The number of carbonyl (C=O) groups is 1. The molecule has 1 aromatic carbocycles. The molecule has 132 valence electrons. The van der Waals surface area contributed by atoms with Crippen LogP contribution in [0, 0.1) is 5.41 Å². The zero-order chi connectivity index (χ0) is 17.2. The van der Waals surface area contributed by atoms with Crippen molar-refractivity contribution in [1.82, 2.24) is 14.5 Å². The average Bonchev–Trinajstić information content (AvgIpc) is 3.04. The van der Waals surface area contributed by atoms with Crippen LogP contribution in [0.15, 0.2) is 35.2 Å². The van der Waals surface area contributed by atoms with Crippen molar-refractivity contribution < 1.29 is 13.2 Å². The third kappa shape index (κ3) is 3.48. The van der Waals surface area contributed by atoms with E-state index in [0.29, 0.717) is 5.41 Å². The van der Waals surface area contributed by atoms with Crippen molar-refractivity contribution in [2.45, 2.75) is 24.2 Å². The van der Waals surface area contributed by atoms with E-state index in [9.17, 15) is 13.2 Å². The monoisotopic (exact) mass is 351 g/mol. The molecule has 2 saturated heterocycles. The van der Waals surface area contributed by atoms with Crippen LogP contribution in [0.5, 0.6) is 0 Å². The van der Waals surface area contributed by atoms with Gasteiger partial charge in [0.2, 0.25) is 15.9 Å². The zero-order valence-electron chi connectivity index (χ0n) is 14.1. The van der Waals surface area contributed by atoms with Crippen LogP contribution in [0.25, 0.3) is 0 Å². The highest BCUT2D eigenvalue weighted by Gasteiger charge is 2.38. The second-order valence-electron chi connectivity index (χ2n) is 6.88. The molecule has 1 spiro atoms. The molecule has 2 aliphatic heterocycles. The molecular weight excluding hydrogens is 326 g/mol. The number of nitrogens with one attached hydrogen (secondary N) is 1. The Kier molecular flexibility index (Phi) is 4.94. The van der Waals surface area contributed by atoms with Crippen molar-refractivity contribution in [3.05, 3.63) is 30.3 Å². The topological polar surface area (TPSA) is 69.7 Å². The van der Waals surface area contributed by atoms with Crippen LogP contribution in [0.1, 0.15) is 19.3 Å². The minimum Gasteiger partial charge on any atom is -0.342 e. The van der Waals surface area contributed by atoms with Crippen LogP contribution >= 0.6 is 0 Å². The molecule has 2 aliphatic rings. The molecule has 3 rings (SSSR count). The Morgan fingerprint density at radius 3 is 2.46 bits per heavy atom. The number of rotatable bonds is 4. The Hall–Kier alpha value is -1.44. The normalized spacial score (nSPS) is 20.7. The Bertz CT molecular complexity index is 674. The predicted octanol–water partition coefficient (Wildman–Crippen LogP) is 0.909. The Morgan fingerprint density at radius 2 is 1.88 bits per heavy atom. The molecule has 0 atom stereocenters. The molecule has 2 fully saturated rings. The van der Waals surface area contributed by atoms with Gasteiger partial charge in [0.15, 0.2) is 0 Å². The summed E-state index contributed by atoms with van der Waals surface area (Å²) >= 11 is 0. The van der Waals surface area contributed by atoms with Crippen LogP contribution in [-0.4, -0.2) is 63.3 Å². The van der Waals surface area contributed by atoms with Gasteiger partial charge in [0.25, 0.3) is 0 Å². The molecular formula is C17H25N3O3S. The van der Waals surface area contributed by atoms with Gasteiger partial charge in [0.1, 0.15) is 0 Å². The number of nitrogens with zero attached hydrogens (tertiary/aromatic N) is 2. The maximum atomic E-state index is 12.5. The third-order valence-corrected chi connectivity index (χ3v) is 7.14. The highest BCUT2D eigenvalue weighted by Crippen LogP contribution is 2.36. The quantitative estimate of drug-likeness (QED) is 0.875. The van der Waals surface area contributed by atoms with Gasteiger partial charge < -0.3 is 10.2 Å². The van der Waals surface area contributed by atoms with E-state index in [4.69, 9.17) is 0 Å². The molecule has 24 heavy (non-hydrogen) atoms. The van der Waals surface area contributed by atoms with Gasteiger partial charge in [-0.25, -0.2) is 8.42 Å². The number of sulfonamides is 1. The lowest BCUT2D eigenvalue weighted by molar-refractivity contribution is -0.133. The van der Waals surface area contributed by atoms with E-state index in [1.54, 1.807) is 35.2 Å². The molecule has 7 heteroatoms. The van der Waals surface area contributed by atoms with Gasteiger partial charge in [-0.3, -0.25) is 4.79 Å². The fourth-order valence-corrected chi connectivity index (χ4v) is 4.74. The number of hydrogen-bond donors (Lipinski definition) is 1. The van der Waals surface area contributed by atoms with Crippen LogP contribution in [0.2, 0.25) is 0 Å². The lowest BCUT2D eigenvalue weighted by atomic mass is 9.78. The summed E-state index contributed by atoms with van der Waals surface area (Å²) < 4.78 is 26.1. The Labute approximate surface area is 143 Å². The summed E-state index contributed by atoms with van der Waals surface area (Å²) in [6, 6.07) is 8.23. The maximum Gasteiger partial charge on any atom is 0.243 e. The molecule has 0 unspecified atom stereocenters. The summed E-state index contributed by atoms with van der Waals surface area (Å²) in [6.45, 7) is 3.44. The minimum atomic E-state index is -3.62. The molecule has 0 saturated carbocycles. The number of carbonyl (C=O) groups excluding carboxylic acids is 1. The second-order valence-corrected chi connectivity index (χ2v) is 8.93. The number of likely N-dealkylation sites (N-methyl/N-ethyl adjacent to an activating group) is 1. The highest BCUT2D eigenvalue weighted by atomic mass is 32.2. The molecule has 0 aliphatic carbocycles. The van der Waals surface area contributed by atoms with Crippen LogP contribution in [-0.2, 0) is 14.8 Å². The lowest BCUT2D eigenvalue weighted by Gasteiger charge is -2.39. The van der Waals surface area contributed by atoms with Gasteiger partial charge in [-0.05, 0) is 43.4 Å². The molecule has 1 amide bonds. The van der Waals surface area contributed by atoms with Gasteiger partial charge in [0.05, 0.1) is 11.4 Å². The third-order valence-electron chi connectivity index (χ3n) is 5.32. The molecule has 0 aromatic heterocycles. The molecule has 0 bridgehead atoms. The SMILES string of the molecule is CN(CC(=O)N1CCC2(CCNC2)CC1)S(=O)(=O)c1ccccc1. The summed E-state index contributed by atoms with van der Waals surface area (Å²) in [6.07, 6.45) is 3.18. The first kappa shape index (κ1) is 17.4. The summed E-state index contributed by atoms with van der Waals surface area (Å²) in [5, 5.41) is 3.41. The molecule has 1 N–H and O–H groups in total. The van der Waals surface area contributed by atoms with Crippen LogP contribution in [0.3, 0.4) is 0 Å². The van der Waals surface area contributed by atoms with E-state index in [1.807, 2.05) is 0 Å². The molecule has 1 aromatic rings. The van der Waals surface area contributed by atoms with Gasteiger partial charge in [-0.1, -0.05) is 18.2 Å². The van der Waals surface area contributed by atoms with E-state index in [0.717, 1.165) is 43.3 Å². The van der Waals surface area contributed by atoms with E-state index >= 15 is 0 Å². The summed E-state index contributed by atoms with van der Waals surface area (Å²) in [7, 11) is -2.15.